The molecule has 0 bridgehead atoms. The van der Waals surface area contributed by atoms with Gasteiger partial charge >= 0.3 is 0 Å². The molecule has 1 aliphatic carbocycles. The molecule has 0 aromatic heterocycles. The summed E-state index contributed by atoms with van der Waals surface area (Å²) in [5, 5.41) is 3.68. The molecule has 0 spiro atoms. The third-order valence-electron chi connectivity index (χ3n) is 4.60. The van der Waals surface area contributed by atoms with Crippen LogP contribution in [0.2, 0.25) is 0 Å². The standard InChI is InChI=1S/C18H24FN3OS/c1-12-5-3-8-16(13(12)2)20-18(24)22-21-17(23)10-9-14-6-4-7-15(19)11-14/h4,6-7,9-13,16H,3,5,8H2,1-2H3,(H,21,23)(H2,20,22,24)/b10-9+/t12-,13+,16-/m0/s1. The average Bonchev–Trinajstić information content (AvgIpc) is 2.55. The monoisotopic (exact) mass is 349 g/mol. The number of hydrazine groups is 1. The van der Waals surface area contributed by atoms with Crippen LogP contribution in [-0.4, -0.2) is 17.1 Å². The smallest absolute Gasteiger partial charge is 0.262 e. The van der Waals surface area contributed by atoms with Crippen LogP contribution in [0.3, 0.4) is 0 Å². The Morgan fingerprint density at radius 1 is 1.29 bits per heavy atom. The van der Waals surface area contributed by atoms with E-state index in [1.807, 2.05) is 0 Å². The Hall–Kier alpha value is -1.95. The summed E-state index contributed by atoms with van der Waals surface area (Å²) in [6.07, 6.45) is 6.40. The highest BCUT2D eigenvalue weighted by Crippen LogP contribution is 2.29. The number of thiocarbonyl (C=S) groups is 1. The average molecular weight is 349 g/mol. The van der Waals surface area contributed by atoms with Gasteiger partial charge in [-0.15, -0.1) is 0 Å². The van der Waals surface area contributed by atoms with Crippen LogP contribution in [0.5, 0.6) is 0 Å². The zero-order chi connectivity index (χ0) is 17.5. The lowest BCUT2D eigenvalue weighted by Crippen LogP contribution is -2.52. The molecule has 0 aliphatic heterocycles. The molecule has 1 aliphatic rings. The van der Waals surface area contributed by atoms with Gasteiger partial charge in [0.25, 0.3) is 5.91 Å². The van der Waals surface area contributed by atoms with Gasteiger partial charge in [-0.2, -0.15) is 0 Å². The fourth-order valence-electron chi connectivity index (χ4n) is 2.93. The first-order valence-electron chi connectivity index (χ1n) is 8.26. The number of amides is 1. The van der Waals surface area contributed by atoms with Gasteiger partial charge in [-0.05, 0) is 54.2 Å². The third kappa shape index (κ3) is 5.60. The number of nitrogens with one attached hydrogen (secondary N) is 3. The molecule has 1 saturated carbocycles. The van der Waals surface area contributed by atoms with Crippen LogP contribution < -0.4 is 16.2 Å². The molecule has 3 atom stereocenters. The predicted molar refractivity (Wildman–Crippen MR) is 98.4 cm³/mol. The van der Waals surface area contributed by atoms with Crippen LogP contribution in [0.25, 0.3) is 6.08 Å². The Balaban J connectivity index is 1.76. The summed E-state index contributed by atoms with van der Waals surface area (Å²) in [4.78, 5) is 11.8. The van der Waals surface area contributed by atoms with Gasteiger partial charge in [-0.25, -0.2) is 4.39 Å². The van der Waals surface area contributed by atoms with Gasteiger partial charge in [-0.1, -0.05) is 38.8 Å². The molecule has 24 heavy (non-hydrogen) atoms. The molecule has 130 valence electrons. The molecular weight excluding hydrogens is 325 g/mol. The van der Waals surface area contributed by atoms with Crippen molar-refractivity contribution in [3.63, 3.8) is 0 Å². The van der Waals surface area contributed by atoms with E-state index in [-0.39, 0.29) is 11.7 Å². The number of carbonyl (C=O) groups excluding carboxylic acids is 1. The van der Waals surface area contributed by atoms with Gasteiger partial charge in [-0.3, -0.25) is 15.6 Å². The van der Waals surface area contributed by atoms with Crippen LogP contribution in [0.4, 0.5) is 4.39 Å². The molecule has 1 fully saturated rings. The maximum Gasteiger partial charge on any atom is 0.262 e. The van der Waals surface area contributed by atoms with Gasteiger partial charge in [0.15, 0.2) is 5.11 Å². The minimum absolute atomic E-state index is 0.327. The quantitative estimate of drug-likeness (QED) is 0.446. The second-order valence-electron chi connectivity index (χ2n) is 6.35. The number of halogens is 1. The first-order chi connectivity index (χ1) is 11.5. The first kappa shape index (κ1) is 18.4. The van der Waals surface area contributed by atoms with Gasteiger partial charge in [0.1, 0.15) is 5.82 Å². The van der Waals surface area contributed by atoms with E-state index >= 15 is 0 Å². The Labute approximate surface area is 147 Å². The van der Waals surface area contributed by atoms with Crippen molar-refractivity contribution in [2.75, 3.05) is 0 Å². The number of carbonyl (C=O) groups is 1. The van der Waals surface area contributed by atoms with Crippen molar-refractivity contribution >= 4 is 29.3 Å². The minimum Gasteiger partial charge on any atom is -0.358 e. The summed E-state index contributed by atoms with van der Waals surface area (Å²) >= 11 is 5.23. The number of rotatable bonds is 3. The fraction of sp³-hybridized carbons (Fsp3) is 0.444. The number of benzene rings is 1. The highest BCUT2D eigenvalue weighted by atomic mass is 32.1. The normalized spacial score (nSPS) is 23.7. The van der Waals surface area contributed by atoms with Crippen molar-refractivity contribution in [1.29, 1.82) is 0 Å². The van der Waals surface area contributed by atoms with Crippen LogP contribution in [0.1, 0.15) is 38.7 Å². The van der Waals surface area contributed by atoms with Gasteiger partial charge < -0.3 is 5.32 Å². The molecule has 6 heteroatoms. The summed E-state index contributed by atoms with van der Waals surface area (Å²) < 4.78 is 13.1. The molecule has 2 rings (SSSR count). The van der Waals surface area contributed by atoms with Crippen molar-refractivity contribution in [3.8, 4) is 0 Å². The van der Waals surface area contributed by atoms with E-state index in [0.717, 1.165) is 6.42 Å². The van der Waals surface area contributed by atoms with Crippen molar-refractivity contribution in [2.24, 2.45) is 11.8 Å². The molecule has 0 saturated heterocycles. The van der Waals surface area contributed by atoms with E-state index in [4.69, 9.17) is 12.2 Å². The molecule has 1 aromatic rings. The van der Waals surface area contributed by atoms with Gasteiger partial charge in [0.2, 0.25) is 0 Å². The molecule has 0 heterocycles. The number of hydrogen-bond acceptors (Lipinski definition) is 2. The van der Waals surface area contributed by atoms with Crippen molar-refractivity contribution in [3.05, 3.63) is 41.7 Å². The van der Waals surface area contributed by atoms with E-state index in [9.17, 15) is 9.18 Å². The first-order valence-corrected chi connectivity index (χ1v) is 8.66. The SMILES string of the molecule is C[C@H]1[C@@H](NC(=S)NNC(=O)/C=C/c2cccc(F)c2)CCC[C@@H]1C. The zero-order valence-electron chi connectivity index (χ0n) is 14.0. The maximum atomic E-state index is 13.1. The molecule has 0 unspecified atom stereocenters. The fourth-order valence-corrected chi connectivity index (χ4v) is 3.13. The topological polar surface area (TPSA) is 53.2 Å². The lowest BCUT2D eigenvalue weighted by Gasteiger charge is -2.35. The molecule has 4 nitrogen and oxygen atoms in total. The van der Waals surface area contributed by atoms with Crippen LogP contribution in [-0.2, 0) is 4.79 Å². The van der Waals surface area contributed by atoms with E-state index < -0.39 is 0 Å². The van der Waals surface area contributed by atoms with E-state index in [1.165, 1.54) is 31.1 Å². The summed E-state index contributed by atoms with van der Waals surface area (Å²) in [7, 11) is 0. The molecule has 3 N–H and O–H groups in total. The van der Waals surface area contributed by atoms with Crippen LogP contribution in [0, 0.1) is 17.7 Å². The molecule has 1 aromatic carbocycles. The lowest BCUT2D eigenvalue weighted by molar-refractivity contribution is -0.116. The van der Waals surface area contributed by atoms with E-state index in [1.54, 1.807) is 18.2 Å². The van der Waals surface area contributed by atoms with E-state index in [2.05, 4.69) is 30.0 Å². The zero-order valence-corrected chi connectivity index (χ0v) is 14.8. The summed E-state index contributed by atoms with van der Waals surface area (Å²) in [5.41, 5.74) is 5.84. The largest absolute Gasteiger partial charge is 0.358 e. The summed E-state index contributed by atoms with van der Waals surface area (Å²) in [5.74, 6) is 0.523. The summed E-state index contributed by atoms with van der Waals surface area (Å²) in [6, 6.07) is 6.35. The Bertz CT molecular complexity index is 620. The Morgan fingerprint density at radius 3 is 2.83 bits per heavy atom. The summed E-state index contributed by atoms with van der Waals surface area (Å²) in [6.45, 7) is 4.48. The lowest BCUT2D eigenvalue weighted by atomic mass is 9.78. The minimum atomic E-state index is -0.353. The van der Waals surface area contributed by atoms with E-state index in [0.29, 0.717) is 28.6 Å². The van der Waals surface area contributed by atoms with Crippen LogP contribution in [0.15, 0.2) is 30.3 Å². The predicted octanol–water partition coefficient (Wildman–Crippen LogP) is 3.16. The molecule has 0 radical (unpaired) electrons. The second kappa shape index (κ2) is 8.78. The highest BCUT2D eigenvalue weighted by molar-refractivity contribution is 7.80. The third-order valence-corrected chi connectivity index (χ3v) is 4.82. The van der Waals surface area contributed by atoms with Crippen LogP contribution >= 0.6 is 12.2 Å². The van der Waals surface area contributed by atoms with Gasteiger partial charge in [0, 0.05) is 12.1 Å². The second-order valence-corrected chi connectivity index (χ2v) is 6.76. The Kier molecular flexibility index (Phi) is 6.73. The number of hydrogen-bond donors (Lipinski definition) is 3. The van der Waals surface area contributed by atoms with Gasteiger partial charge in [0.05, 0.1) is 0 Å². The van der Waals surface area contributed by atoms with Crippen molar-refractivity contribution in [1.82, 2.24) is 16.2 Å². The maximum absolute atomic E-state index is 13.1. The molecule has 1 amide bonds. The molecular formula is C18H24FN3OS. The van der Waals surface area contributed by atoms with Crippen molar-refractivity contribution in [2.45, 2.75) is 39.2 Å². The van der Waals surface area contributed by atoms with Crippen molar-refractivity contribution < 1.29 is 9.18 Å². The highest BCUT2D eigenvalue weighted by Gasteiger charge is 2.27. The Morgan fingerprint density at radius 2 is 2.08 bits per heavy atom.